The van der Waals surface area contributed by atoms with E-state index in [0.717, 1.165) is 77.7 Å². The number of likely N-dealkylation sites (tertiary alicyclic amines) is 2. The fourth-order valence-electron chi connectivity index (χ4n) is 4.23. The van der Waals surface area contributed by atoms with E-state index in [0.29, 0.717) is 11.9 Å². The molecule has 3 saturated heterocycles. The van der Waals surface area contributed by atoms with Crippen LogP contribution in [-0.2, 0) is 4.79 Å². The highest BCUT2D eigenvalue weighted by Crippen LogP contribution is 2.19. The summed E-state index contributed by atoms with van der Waals surface area (Å²) in [5.74, 6) is 1.21. The highest BCUT2D eigenvalue weighted by Gasteiger charge is 2.33. The number of anilines is 1. The molecular weight excluding hydrogens is 328 g/mol. The molecule has 142 valence electrons. The summed E-state index contributed by atoms with van der Waals surface area (Å²) < 4.78 is 0. The molecule has 1 aromatic heterocycles. The summed E-state index contributed by atoms with van der Waals surface area (Å²) in [6, 6.07) is 2.54. The van der Waals surface area contributed by atoms with Crippen molar-refractivity contribution in [2.24, 2.45) is 0 Å². The van der Waals surface area contributed by atoms with Gasteiger partial charge >= 0.3 is 0 Å². The highest BCUT2D eigenvalue weighted by atomic mass is 16.2. The van der Waals surface area contributed by atoms with Gasteiger partial charge in [0.1, 0.15) is 0 Å². The average molecular weight is 358 g/mol. The van der Waals surface area contributed by atoms with Crippen LogP contribution in [0, 0.1) is 0 Å². The quantitative estimate of drug-likeness (QED) is 0.772. The molecule has 0 spiro atoms. The largest absolute Gasteiger partial charge is 0.341 e. The molecule has 4 heterocycles. The molecule has 0 aliphatic carbocycles. The molecule has 0 bridgehead atoms. The molecule has 3 aliphatic heterocycles. The average Bonchev–Trinajstić information content (AvgIpc) is 2.86. The molecule has 0 aromatic carbocycles. The lowest BCUT2D eigenvalue weighted by Crippen LogP contribution is -2.63. The third-order valence-electron chi connectivity index (χ3n) is 5.96. The van der Waals surface area contributed by atoms with Crippen LogP contribution in [0.3, 0.4) is 0 Å². The Bertz CT molecular complexity index is 583. The lowest BCUT2D eigenvalue weighted by atomic mass is 10.1. The van der Waals surface area contributed by atoms with Crippen molar-refractivity contribution in [3.63, 3.8) is 0 Å². The lowest BCUT2D eigenvalue weighted by molar-refractivity contribution is -0.131. The van der Waals surface area contributed by atoms with Crippen LogP contribution in [0.4, 0.5) is 5.95 Å². The number of carbonyl (C=O) groups is 1. The molecule has 7 nitrogen and oxygen atoms in total. The van der Waals surface area contributed by atoms with Crippen molar-refractivity contribution in [1.29, 1.82) is 0 Å². The van der Waals surface area contributed by atoms with Gasteiger partial charge in [0, 0.05) is 83.8 Å². The summed E-state index contributed by atoms with van der Waals surface area (Å²) in [6.07, 6.45) is 7.82. The van der Waals surface area contributed by atoms with E-state index in [4.69, 9.17) is 0 Å². The number of carbonyl (C=O) groups excluding carboxylic acids is 1. The van der Waals surface area contributed by atoms with Gasteiger partial charge in [0.2, 0.25) is 11.9 Å². The van der Waals surface area contributed by atoms with Crippen LogP contribution in [0.25, 0.3) is 0 Å². The molecule has 7 heteroatoms. The molecule has 3 fully saturated rings. The third-order valence-corrected chi connectivity index (χ3v) is 5.96. The first kappa shape index (κ1) is 17.7. The summed E-state index contributed by atoms with van der Waals surface area (Å²) in [7, 11) is 0. The van der Waals surface area contributed by atoms with E-state index < -0.39 is 0 Å². The predicted molar refractivity (Wildman–Crippen MR) is 101 cm³/mol. The Morgan fingerprint density at radius 3 is 2.46 bits per heavy atom. The van der Waals surface area contributed by atoms with Crippen LogP contribution in [-0.4, -0.2) is 95.5 Å². The number of hydrogen-bond donors (Lipinski definition) is 0. The first-order chi connectivity index (χ1) is 12.8. The maximum atomic E-state index is 12.1. The Hall–Kier alpha value is -1.73. The molecule has 3 aliphatic rings. The minimum absolute atomic E-state index is 0.360. The Labute approximate surface area is 156 Å². The first-order valence-corrected chi connectivity index (χ1v) is 10.1. The Morgan fingerprint density at radius 1 is 0.923 bits per heavy atom. The minimum Gasteiger partial charge on any atom is -0.341 e. The van der Waals surface area contributed by atoms with E-state index >= 15 is 0 Å². The van der Waals surface area contributed by atoms with E-state index in [-0.39, 0.29) is 0 Å². The van der Waals surface area contributed by atoms with Crippen LogP contribution in [0.15, 0.2) is 18.5 Å². The van der Waals surface area contributed by atoms with Crippen LogP contribution >= 0.6 is 0 Å². The summed E-state index contributed by atoms with van der Waals surface area (Å²) >= 11 is 0. The number of piperazine rings is 1. The fourth-order valence-corrected chi connectivity index (χ4v) is 4.23. The molecule has 1 aromatic rings. The molecule has 26 heavy (non-hydrogen) atoms. The zero-order valence-corrected chi connectivity index (χ0v) is 15.6. The van der Waals surface area contributed by atoms with Crippen molar-refractivity contribution in [3.8, 4) is 0 Å². The number of amides is 1. The second-order valence-electron chi connectivity index (χ2n) is 7.68. The smallest absolute Gasteiger partial charge is 0.225 e. The highest BCUT2D eigenvalue weighted by molar-refractivity contribution is 5.76. The van der Waals surface area contributed by atoms with Crippen molar-refractivity contribution in [2.45, 2.75) is 31.7 Å². The zero-order valence-electron chi connectivity index (χ0n) is 15.6. The molecule has 0 unspecified atom stereocenters. The first-order valence-electron chi connectivity index (χ1n) is 10.1. The third kappa shape index (κ3) is 4.15. The molecular formula is C19H30N6O. The SMILES string of the molecule is O=C1CCCCCN1CCN1CC(N2CCN(c3ncccn3)CC2)C1. The van der Waals surface area contributed by atoms with Gasteiger partial charge in [-0.25, -0.2) is 9.97 Å². The van der Waals surface area contributed by atoms with E-state index in [9.17, 15) is 4.79 Å². The van der Waals surface area contributed by atoms with Gasteiger partial charge in [0.15, 0.2) is 0 Å². The minimum atomic E-state index is 0.360. The van der Waals surface area contributed by atoms with Gasteiger partial charge in [0.25, 0.3) is 0 Å². The molecule has 0 atom stereocenters. The van der Waals surface area contributed by atoms with E-state index in [1.54, 1.807) is 0 Å². The second kappa shape index (κ2) is 8.31. The molecule has 0 radical (unpaired) electrons. The van der Waals surface area contributed by atoms with Gasteiger partial charge in [-0.2, -0.15) is 0 Å². The van der Waals surface area contributed by atoms with Gasteiger partial charge in [-0.1, -0.05) is 6.42 Å². The van der Waals surface area contributed by atoms with Gasteiger partial charge in [0.05, 0.1) is 0 Å². The Balaban J connectivity index is 1.16. The molecule has 0 saturated carbocycles. The maximum Gasteiger partial charge on any atom is 0.225 e. The standard InChI is InChI=1S/C19H30N6O/c26-18-5-2-1-3-8-24(18)10-9-22-15-17(16-22)23-11-13-25(14-12-23)19-20-6-4-7-21-19/h4,6-7,17H,1-3,5,8-16H2. The molecule has 1 amide bonds. The van der Waals surface area contributed by atoms with Crippen molar-refractivity contribution >= 4 is 11.9 Å². The summed E-state index contributed by atoms with van der Waals surface area (Å²) in [4.78, 5) is 30.2. The van der Waals surface area contributed by atoms with Gasteiger partial charge < -0.3 is 9.80 Å². The fraction of sp³-hybridized carbons (Fsp3) is 0.737. The predicted octanol–water partition coefficient (Wildman–Crippen LogP) is 0.685. The van der Waals surface area contributed by atoms with Crippen molar-refractivity contribution in [3.05, 3.63) is 18.5 Å². The summed E-state index contributed by atoms with van der Waals surface area (Å²) in [6.45, 7) is 9.35. The number of hydrogen-bond acceptors (Lipinski definition) is 6. The second-order valence-corrected chi connectivity index (χ2v) is 7.68. The van der Waals surface area contributed by atoms with Crippen molar-refractivity contribution < 1.29 is 4.79 Å². The van der Waals surface area contributed by atoms with E-state index in [2.05, 4.69) is 29.6 Å². The van der Waals surface area contributed by atoms with Crippen LogP contribution in [0.1, 0.15) is 25.7 Å². The van der Waals surface area contributed by atoms with Crippen LogP contribution < -0.4 is 4.90 Å². The van der Waals surface area contributed by atoms with Crippen LogP contribution in [0.2, 0.25) is 0 Å². The van der Waals surface area contributed by atoms with Gasteiger partial charge in [-0.3, -0.25) is 14.6 Å². The van der Waals surface area contributed by atoms with Gasteiger partial charge in [-0.15, -0.1) is 0 Å². The number of nitrogens with zero attached hydrogens (tertiary/aromatic N) is 6. The summed E-state index contributed by atoms with van der Waals surface area (Å²) in [5, 5.41) is 0. The Morgan fingerprint density at radius 2 is 1.69 bits per heavy atom. The van der Waals surface area contributed by atoms with Crippen LogP contribution in [0.5, 0.6) is 0 Å². The topological polar surface area (TPSA) is 55.8 Å². The van der Waals surface area contributed by atoms with Crippen molar-refractivity contribution in [1.82, 2.24) is 24.7 Å². The molecule has 0 N–H and O–H groups in total. The number of rotatable bonds is 5. The molecule has 4 rings (SSSR count). The van der Waals surface area contributed by atoms with Crippen molar-refractivity contribution in [2.75, 3.05) is 63.8 Å². The lowest BCUT2D eigenvalue weighted by Gasteiger charge is -2.48. The van der Waals surface area contributed by atoms with Gasteiger partial charge in [-0.05, 0) is 18.9 Å². The number of aromatic nitrogens is 2. The van der Waals surface area contributed by atoms with E-state index in [1.807, 2.05) is 18.5 Å². The Kier molecular flexibility index (Phi) is 5.65. The zero-order chi connectivity index (χ0) is 17.8. The maximum absolute atomic E-state index is 12.1. The summed E-state index contributed by atoms with van der Waals surface area (Å²) in [5.41, 5.74) is 0. The normalized spacial score (nSPS) is 23.8. The van der Waals surface area contributed by atoms with E-state index in [1.165, 1.54) is 12.8 Å². The monoisotopic (exact) mass is 358 g/mol.